The van der Waals surface area contributed by atoms with Crippen molar-refractivity contribution in [2.45, 2.75) is 20.3 Å². The van der Waals surface area contributed by atoms with E-state index < -0.39 is 11.8 Å². The van der Waals surface area contributed by atoms with Crippen LogP contribution in [0, 0.1) is 12.7 Å². The van der Waals surface area contributed by atoms with Crippen LogP contribution in [0.15, 0.2) is 12.1 Å². The summed E-state index contributed by atoms with van der Waals surface area (Å²) in [4.78, 5) is 11.0. The first-order chi connectivity index (χ1) is 9.90. The minimum Gasteiger partial charge on any atom is -0.496 e. The largest absolute Gasteiger partial charge is 0.496 e. The van der Waals surface area contributed by atoms with Gasteiger partial charge in [-0.25, -0.2) is 9.18 Å². The Morgan fingerprint density at radius 1 is 1.48 bits per heavy atom. The van der Waals surface area contributed by atoms with Crippen LogP contribution in [0.5, 0.6) is 5.75 Å². The number of hydrogen-bond acceptors (Lipinski definition) is 3. The van der Waals surface area contributed by atoms with Crippen LogP contribution in [-0.2, 0) is 13.5 Å². The number of carboxylic acids is 1. The molecule has 0 fully saturated rings. The summed E-state index contributed by atoms with van der Waals surface area (Å²) in [5, 5.41) is 12.9. The van der Waals surface area contributed by atoms with E-state index in [9.17, 15) is 9.18 Å². The number of methoxy groups -OCH3 is 1. The first-order valence-electron chi connectivity index (χ1n) is 6.54. The van der Waals surface area contributed by atoms with E-state index in [-0.39, 0.29) is 5.69 Å². The number of aromatic carboxylic acids is 1. The lowest BCUT2D eigenvalue weighted by Crippen LogP contribution is -2.03. The number of aryl methyl sites for hydroxylation is 1. The molecule has 0 saturated heterocycles. The van der Waals surface area contributed by atoms with Crippen molar-refractivity contribution in [3.8, 4) is 17.0 Å². The summed E-state index contributed by atoms with van der Waals surface area (Å²) in [6.07, 6.45) is 0.632. The third-order valence-corrected chi connectivity index (χ3v) is 3.50. The summed E-state index contributed by atoms with van der Waals surface area (Å²) >= 11 is 0. The minimum atomic E-state index is -1.12. The van der Waals surface area contributed by atoms with Crippen molar-refractivity contribution >= 4 is 5.97 Å². The van der Waals surface area contributed by atoms with Gasteiger partial charge in [0.1, 0.15) is 11.6 Å². The number of carbonyl (C=O) groups is 1. The Kier molecular flexibility index (Phi) is 3.97. The molecule has 0 amide bonds. The van der Waals surface area contributed by atoms with Gasteiger partial charge in [-0.2, -0.15) is 5.10 Å². The molecule has 0 aliphatic rings. The number of nitrogens with zero attached hydrogens (tertiary/aromatic N) is 2. The van der Waals surface area contributed by atoms with Gasteiger partial charge in [-0.15, -0.1) is 0 Å². The molecule has 21 heavy (non-hydrogen) atoms. The molecule has 0 radical (unpaired) electrons. The zero-order valence-corrected chi connectivity index (χ0v) is 12.4. The molecule has 6 heteroatoms. The van der Waals surface area contributed by atoms with Gasteiger partial charge in [0, 0.05) is 23.7 Å². The van der Waals surface area contributed by atoms with Gasteiger partial charge in [-0.1, -0.05) is 6.92 Å². The third kappa shape index (κ3) is 2.49. The van der Waals surface area contributed by atoms with Crippen LogP contribution in [0.25, 0.3) is 11.3 Å². The van der Waals surface area contributed by atoms with E-state index in [4.69, 9.17) is 9.84 Å². The van der Waals surface area contributed by atoms with E-state index in [1.807, 2.05) is 6.92 Å². The quantitative estimate of drug-likeness (QED) is 0.941. The fourth-order valence-electron chi connectivity index (χ4n) is 2.46. The highest BCUT2D eigenvalue weighted by molar-refractivity contribution is 5.87. The molecule has 1 aromatic heterocycles. The predicted molar refractivity (Wildman–Crippen MR) is 76.2 cm³/mol. The SMILES string of the molecule is CCc1c(-c2cc(C(=O)O)nn2C)cc(F)c(C)c1OC. The molecule has 1 N–H and O–H groups in total. The molecule has 1 aromatic carbocycles. The molecule has 2 aromatic rings. The van der Waals surface area contributed by atoms with Crippen molar-refractivity contribution in [2.24, 2.45) is 7.05 Å². The zero-order chi connectivity index (χ0) is 15.7. The van der Waals surface area contributed by atoms with Gasteiger partial charge in [-0.05, 0) is 25.5 Å². The number of ether oxygens (including phenoxy) is 1. The maximum Gasteiger partial charge on any atom is 0.356 e. The second-order valence-corrected chi connectivity index (χ2v) is 4.74. The third-order valence-electron chi connectivity index (χ3n) is 3.50. The molecular formula is C15H17FN2O3. The van der Waals surface area contributed by atoms with Crippen molar-refractivity contribution in [1.82, 2.24) is 9.78 Å². The number of carboxylic acid groups (broad SMARTS) is 1. The van der Waals surface area contributed by atoms with Gasteiger partial charge in [0.05, 0.1) is 12.8 Å². The minimum absolute atomic E-state index is 0.0745. The Hall–Kier alpha value is -2.37. The summed E-state index contributed by atoms with van der Waals surface area (Å²) in [5.41, 5.74) is 2.34. The molecule has 5 nitrogen and oxygen atoms in total. The number of halogens is 1. The smallest absolute Gasteiger partial charge is 0.356 e. The van der Waals surface area contributed by atoms with Crippen LogP contribution in [-0.4, -0.2) is 28.0 Å². The predicted octanol–water partition coefficient (Wildman–Crippen LogP) is 2.80. The fraction of sp³-hybridized carbons (Fsp3) is 0.333. The molecule has 0 atom stereocenters. The number of aromatic nitrogens is 2. The second-order valence-electron chi connectivity index (χ2n) is 4.74. The standard InChI is InChI=1S/C15H17FN2O3/c1-5-9-10(6-11(16)8(2)14(9)21-4)13-7-12(15(19)20)17-18(13)3/h6-7H,5H2,1-4H3,(H,19,20). The van der Waals surface area contributed by atoms with E-state index in [0.717, 1.165) is 5.56 Å². The first kappa shape index (κ1) is 15.0. The summed E-state index contributed by atoms with van der Waals surface area (Å²) < 4.78 is 20.9. The summed E-state index contributed by atoms with van der Waals surface area (Å²) in [7, 11) is 3.13. The lowest BCUT2D eigenvalue weighted by molar-refractivity contribution is 0.0689. The van der Waals surface area contributed by atoms with E-state index >= 15 is 0 Å². The van der Waals surface area contributed by atoms with Gasteiger partial charge in [-0.3, -0.25) is 4.68 Å². The average Bonchev–Trinajstić information content (AvgIpc) is 2.83. The summed E-state index contributed by atoms with van der Waals surface area (Å²) in [6, 6.07) is 2.84. The second kappa shape index (κ2) is 5.55. The van der Waals surface area contributed by atoms with Gasteiger partial charge >= 0.3 is 5.97 Å². The van der Waals surface area contributed by atoms with E-state index in [0.29, 0.717) is 29.0 Å². The Labute approximate surface area is 122 Å². The molecule has 0 aliphatic heterocycles. The normalized spacial score (nSPS) is 10.7. The Balaban J connectivity index is 2.74. The summed E-state index contributed by atoms with van der Waals surface area (Å²) in [5.74, 6) is -1.02. The van der Waals surface area contributed by atoms with Crippen molar-refractivity contribution in [3.05, 3.63) is 34.8 Å². The molecule has 0 bridgehead atoms. The molecule has 0 unspecified atom stereocenters. The molecule has 0 spiro atoms. The van der Waals surface area contributed by atoms with E-state index in [1.54, 1.807) is 14.0 Å². The zero-order valence-electron chi connectivity index (χ0n) is 12.4. The molecule has 0 aliphatic carbocycles. The van der Waals surface area contributed by atoms with Crippen LogP contribution >= 0.6 is 0 Å². The number of rotatable bonds is 4. The van der Waals surface area contributed by atoms with Gasteiger partial charge in [0.25, 0.3) is 0 Å². The highest BCUT2D eigenvalue weighted by Gasteiger charge is 2.20. The maximum absolute atomic E-state index is 14.1. The van der Waals surface area contributed by atoms with Crippen LogP contribution in [0.4, 0.5) is 4.39 Å². The van der Waals surface area contributed by atoms with E-state index in [1.165, 1.54) is 23.9 Å². The van der Waals surface area contributed by atoms with Crippen LogP contribution in [0.3, 0.4) is 0 Å². The topological polar surface area (TPSA) is 64.3 Å². The van der Waals surface area contributed by atoms with Crippen LogP contribution in [0.2, 0.25) is 0 Å². The molecule has 2 rings (SSSR count). The van der Waals surface area contributed by atoms with Crippen molar-refractivity contribution in [2.75, 3.05) is 7.11 Å². The van der Waals surface area contributed by atoms with Gasteiger partial charge in [0.15, 0.2) is 5.69 Å². The average molecular weight is 292 g/mol. The monoisotopic (exact) mass is 292 g/mol. The number of hydrogen-bond donors (Lipinski definition) is 1. The molecule has 1 heterocycles. The van der Waals surface area contributed by atoms with Crippen molar-refractivity contribution in [1.29, 1.82) is 0 Å². The van der Waals surface area contributed by atoms with Crippen molar-refractivity contribution in [3.63, 3.8) is 0 Å². The van der Waals surface area contributed by atoms with Crippen LogP contribution < -0.4 is 4.74 Å². The van der Waals surface area contributed by atoms with Gasteiger partial charge in [0.2, 0.25) is 0 Å². The summed E-state index contributed by atoms with van der Waals surface area (Å²) in [6.45, 7) is 3.59. The number of benzene rings is 1. The first-order valence-corrected chi connectivity index (χ1v) is 6.54. The van der Waals surface area contributed by atoms with Crippen molar-refractivity contribution < 1.29 is 19.0 Å². The fourth-order valence-corrected chi connectivity index (χ4v) is 2.46. The van der Waals surface area contributed by atoms with Gasteiger partial charge < -0.3 is 9.84 Å². The molecule has 112 valence electrons. The maximum atomic E-state index is 14.1. The highest BCUT2D eigenvalue weighted by atomic mass is 19.1. The lowest BCUT2D eigenvalue weighted by atomic mass is 9.97. The highest BCUT2D eigenvalue weighted by Crippen LogP contribution is 2.35. The van der Waals surface area contributed by atoms with Crippen LogP contribution in [0.1, 0.15) is 28.5 Å². The Bertz CT molecular complexity index is 707. The Morgan fingerprint density at radius 2 is 2.14 bits per heavy atom. The lowest BCUT2D eigenvalue weighted by Gasteiger charge is -2.16. The van der Waals surface area contributed by atoms with E-state index in [2.05, 4.69) is 5.10 Å². The Morgan fingerprint density at radius 3 is 2.62 bits per heavy atom. The molecule has 0 saturated carbocycles. The molecular weight excluding hydrogens is 275 g/mol.